The van der Waals surface area contributed by atoms with Gasteiger partial charge in [-0.2, -0.15) is 0 Å². The van der Waals surface area contributed by atoms with E-state index in [9.17, 15) is 4.79 Å². The Morgan fingerprint density at radius 3 is 2.25 bits per heavy atom. The van der Waals surface area contributed by atoms with Gasteiger partial charge in [-0.25, -0.2) is 9.36 Å². The molecule has 0 aliphatic carbocycles. The Bertz CT molecular complexity index is 1040. The third-order valence-corrected chi connectivity index (χ3v) is 4.97. The summed E-state index contributed by atoms with van der Waals surface area (Å²) in [5, 5.41) is 1.05. The molecule has 0 atom stereocenters. The summed E-state index contributed by atoms with van der Waals surface area (Å²) >= 11 is 3.58. The van der Waals surface area contributed by atoms with Gasteiger partial charge in [0.1, 0.15) is 5.60 Å². The Kier molecular flexibility index (Phi) is 5.41. The van der Waals surface area contributed by atoms with Gasteiger partial charge in [-0.15, -0.1) is 0 Å². The molecule has 0 radical (unpaired) electrons. The number of hydrogen-bond donors (Lipinski definition) is 0. The van der Waals surface area contributed by atoms with E-state index < -0.39 is 5.60 Å². The van der Waals surface area contributed by atoms with Gasteiger partial charge in [0.05, 0.1) is 11.2 Å². The highest BCUT2D eigenvalue weighted by Gasteiger charge is 2.28. The molecule has 5 heteroatoms. The smallest absolute Gasteiger partial charge is 0.419 e. The van der Waals surface area contributed by atoms with Crippen LogP contribution in [0.4, 0.5) is 4.79 Å². The fourth-order valence-corrected chi connectivity index (χ4v) is 3.99. The maximum atomic E-state index is 13.3. The second kappa shape index (κ2) is 7.36. The van der Waals surface area contributed by atoms with E-state index in [0.29, 0.717) is 0 Å². The van der Waals surface area contributed by atoms with E-state index in [1.165, 1.54) is 0 Å². The summed E-state index contributed by atoms with van der Waals surface area (Å²) in [6.45, 7) is 13.9. The highest BCUT2D eigenvalue weighted by atomic mass is 79.9. The van der Waals surface area contributed by atoms with E-state index in [0.717, 1.165) is 43.6 Å². The third-order valence-electron chi connectivity index (χ3n) is 4.48. The number of carbonyl (C=O) groups is 1. The van der Waals surface area contributed by atoms with Crippen molar-refractivity contribution < 1.29 is 9.53 Å². The predicted octanol–water partition coefficient (Wildman–Crippen LogP) is 6.99. The maximum absolute atomic E-state index is 13.3. The van der Waals surface area contributed by atoms with Crippen molar-refractivity contribution in [2.24, 2.45) is 0 Å². The fourth-order valence-electron chi connectivity index (χ4n) is 3.62. The fraction of sp³-hybridized carbons (Fsp3) is 0.391. The number of halogens is 1. The lowest BCUT2D eigenvalue weighted by Crippen LogP contribution is -2.27. The first-order valence-corrected chi connectivity index (χ1v) is 10.3. The number of ether oxygens (including phenoxy) is 1. The summed E-state index contributed by atoms with van der Waals surface area (Å²) in [6, 6.07) is 10.1. The van der Waals surface area contributed by atoms with Crippen LogP contribution in [0.5, 0.6) is 0 Å². The number of fused-ring (bicyclic) bond motifs is 1. The van der Waals surface area contributed by atoms with Gasteiger partial charge in [0, 0.05) is 26.8 Å². The predicted molar refractivity (Wildman–Crippen MR) is 118 cm³/mol. The molecule has 2 aromatic heterocycles. The van der Waals surface area contributed by atoms with Gasteiger partial charge >= 0.3 is 6.09 Å². The Morgan fingerprint density at radius 2 is 1.71 bits per heavy atom. The highest BCUT2D eigenvalue weighted by Crippen LogP contribution is 2.40. The SMILES string of the molecule is Cc1cc(-c2c(C(C)C)c3cc(Br)ccc3n2C(=O)OC(C)(C)C)cc(C)n1. The summed E-state index contributed by atoms with van der Waals surface area (Å²) in [5.41, 5.74) is 5.11. The van der Waals surface area contributed by atoms with Crippen molar-refractivity contribution in [3.05, 3.63) is 51.8 Å². The molecule has 0 N–H and O–H groups in total. The molecule has 0 bridgehead atoms. The van der Waals surface area contributed by atoms with Crippen molar-refractivity contribution in [3.8, 4) is 11.3 Å². The van der Waals surface area contributed by atoms with Gasteiger partial charge in [-0.1, -0.05) is 29.8 Å². The molecule has 2 heterocycles. The molecule has 4 nitrogen and oxygen atoms in total. The van der Waals surface area contributed by atoms with Crippen LogP contribution in [0.15, 0.2) is 34.8 Å². The first-order valence-electron chi connectivity index (χ1n) is 9.51. The minimum Gasteiger partial charge on any atom is -0.443 e. The molecule has 28 heavy (non-hydrogen) atoms. The van der Waals surface area contributed by atoms with Gasteiger partial charge in [0.15, 0.2) is 0 Å². The Labute approximate surface area is 175 Å². The van der Waals surface area contributed by atoms with Gasteiger partial charge in [-0.05, 0) is 76.4 Å². The minimum atomic E-state index is -0.581. The van der Waals surface area contributed by atoms with Crippen LogP contribution in [-0.4, -0.2) is 21.2 Å². The molecule has 0 unspecified atom stereocenters. The second-order valence-corrected chi connectivity index (χ2v) is 9.45. The van der Waals surface area contributed by atoms with Crippen LogP contribution >= 0.6 is 15.9 Å². The molecule has 148 valence electrons. The van der Waals surface area contributed by atoms with Crippen LogP contribution in [0.3, 0.4) is 0 Å². The number of aryl methyl sites for hydroxylation is 2. The Balaban J connectivity index is 2.43. The summed E-state index contributed by atoms with van der Waals surface area (Å²) in [7, 11) is 0. The molecule has 0 saturated heterocycles. The molecular weight excluding hydrogens is 416 g/mol. The van der Waals surface area contributed by atoms with Gasteiger partial charge in [-0.3, -0.25) is 4.98 Å². The lowest BCUT2D eigenvalue weighted by molar-refractivity contribution is 0.0547. The molecule has 0 aliphatic rings. The molecule has 0 amide bonds. The number of benzene rings is 1. The standard InChI is InChI=1S/C23H27BrN2O2/c1-13(2)20-18-12-17(24)8-9-19(18)26(22(27)28-23(5,6)7)21(20)16-10-14(3)25-15(4)11-16/h8-13H,1-7H3. The summed E-state index contributed by atoms with van der Waals surface area (Å²) in [6.07, 6.45) is -0.367. The van der Waals surface area contributed by atoms with Crippen LogP contribution < -0.4 is 0 Å². The van der Waals surface area contributed by atoms with Crippen molar-refractivity contribution in [1.29, 1.82) is 0 Å². The molecule has 3 rings (SSSR count). The number of hydrogen-bond acceptors (Lipinski definition) is 3. The van der Waals surface area contributed by atoms with Crippen LogP contribution in [0, 0.1) is 13.8 Å². The van der Waals surface area contributed by atoms with Crippen molar-refractivity contribution in [2.45, 2.75) is 60.0 Å². The van der Waals surface area contributed by atoms with Crippen LogP contribution in [0.2, 0.25) is 0 Å². The number of aromatic nitrogens is 2. The quantitative estimate of drug-likeness (QED) is 0.429. The summed E-state index contributed by atoms with van der Waals surface area (Å²) in [5.74, 6) is 0.226. The molecule has 3 aromatic rings. The van der Waals surface area contributed by atoms with Crippen LogP contribution in [0.25, 0.3) is 22.2 Å². The molecule has 0 saturated carbocycles. The highest BCUT2D eigenvalue weighted by molar-refractivity contribution is 9.10. The maximum Gasteiger partial charge on any atom is 0.419 e. The lowest BCUT2D eigenvalue weighted by Gasteiger charge is -2.21. The van der Waals surface area contributed by atoms with E-state index in [2.05, 4.69) is 40.8 Å². The van der Waals surface area contributed by atoms with Crippen molar-refractivity contribution >= 4 is 32.9 Å². The number of rotatable bonds is 2. The monoisotopic (exact) mass is 442 g/mol. The summed E-state index contributed by atoms with van der Waals surface area (Å²) < 4.78 is 8.48. The average molecular weight is 443 g/mol. The minimum absolute atomic E-state index is 0.226. The Morgan fingerprint density at radius 1 is 1.11 bits per heavy atom. The van der Waals surface area contributed by atoms with Gasteiger partial charge in [0.25, 0.3) is 0 Å². The zero-order chi connectivity index (χ0) is 20.8. The van der Waals surface area contributed by atoms with E-state index >= 15 is 0 Å². The molecular formula is C23H27BrN2O2. The first kappa shape index (κ1) is 20.6. The first-order chi connectivity index (χ1) is 13.0. The number of carbonyl (C=O) groups excluding carboxylic acids is 1. The summed E-state index contributed by atoms with van der Waals surface area (Å²) in [4.78, 5) is 17.8. The zero-order valence-corrected chi connectivity index (χ0v) is 19.1. The topological polar surface area (TPSA) is 44.1 Å². The normalized spacial score (nSPS) is 12.0. The average Bonchev–Trinajstić information content (AvgIpc) is 2.86. The van der Waals surface area contributed by atoms with E-state index in [1.54, 1.807) is 4.57 Å². The Hall–Kier alpha value is -2.14. The molecule has 0 spiro atoms. The third kappa shape index (κ3) is 4.00. The van der Waals surface area contributed by atoms with E-state index in [-0.39, 0.29) is 12.0 Å². The van der Waals surface area contributed by atoms with Crippen molar-refractivity contribution in [3.63, 3.8) is 0 Å². The zero-order valence-electron chi connectivity index (χ0n) is 17.6. The lowest BCUT2D eigenvalue weighted by atomic mass is 9.96. The molecule has 1 aromatic carbocycles. The largest absolute Gasteiger partial charge is 0.443 e. The second-order valence-electron chi connectivity index (χ2n) is 8.53. The van der Waals surface area contributed by atoms with Crippen molar-refractivity contribution in [1.82, 2.24) is 9.55 Å². The van der Waals surface area contributed by atoms with E-state index in [1.807, 2.05) is 58.9 Å². The van der Waals surface area contributed by atoms with Crippen LogP contribution in [-0.2, 0) is 4.74 Å². The van der Waals surface area contributed by atoms with Crippen LogP contribution in [0.1, 0.15) is 57.5 Å². The van der Waals surface area contributed by atoms with Crippen molar-refractivity contribution in [2.75, 3.05) is 0 Å². The molecule has 0 aliphatic heterocycles. The number of pyridine rings is 1. The van der Waals surface area contributed by atoms with E-state index in [4.69, 9.17) is 4.74 Å². The number of nitrogens with zero attached hydrogens (tertiary/aromatic N) is 2. The van der Waals surface area contributed by atoms with Gasteiger partial charge in [0.2, 0.25) is 0 Å². The molecule has 0 fully saturated rings. The van der Waals surface area contributed by atoms with Gasteiger partial charge < -0.3 is 4.74 Å².